The maximum Gasteiger partial charge on any atom is 0.339 e. The normalized spacial score (nSPS) is 11.7. The number of aromatic nitrogens is 2. The van der Waals surface area contributed by atoms with Gasteiger partial charge in [0.25, 0.3) is 5.91 Å². The first kappa shape index (κ1) is 21.4. The van der Waals surface area contributed by atoms with Crippen molar-refractivity contribution in [3.05, 3.63) is 77.3 Å². The van der Waals surface area contributed by atoms with Crippen molar-refractivity contribution in [3.63, 3.8) is 0 Å². The number of ether oxygens (including phenoxy) is 2. The third-order valence-corrected chi connectivity index (χ3v) is 5.10. The minimum Gasteiger partial charge on any atom is -0.495 e. The lowest BCUT2D eigenvalue weighted by molar-refractivity contribution is -0.123. The van der Waals surface area contributed by atoms with Crippen LogP contribution < -0.4 is 10.1 Å². The van der Waals surface area contributed by atoms with E-state index in [2.05, 4.69) is 15.3 Å². The van der Waals surface area contributed by atoms with Gasteiger partial charge in [0.1, 0.15) is 11.6 Å². The summed E-state index contributed by atoms with van der Waals surface area (Å²) < 4.78 is 10.7. The topological polar surface area (TPSA) is 93.3 Å². The lowest BCUT2D eigenvalue weighted by atomic mass is 10.1. The summed E-state index contributed by atoms with van der Waals surface area (Å²) >= 11 is 6.01. The Morgan fingerprint density at radius 1 is 1.06 bits per heavy atom. The minimum atomic E-state index is -1.06. The SMILES string of the molecule is COc1ccc(Cl)cc1NC(=O)C(C)OC(=O)c1ccccc1-c1nc2ccccc2[nH]1. The van der Waals surface area contributed by atoms with Crippen LogP contribution in [0.1, 0.15) is 17.3 Å². The Labute approximate surface area is 189 Å². The number of halogens is 1. The monoisotopic (exact) mass is 449 g/mol. The molecule has 0 aliphatic heterocycles. The van der Waals surface area contributed by atoms with Gasteiger partial charge in [0, 0.05) is 10.6 Å². The number of aromatic amines is 1. The van der Waals surface area contributed by atoms with Crippen molar-refractivity contribution >= 4 is 40.2 Å². The highest BCUT2D eigenvalue weighted by Gasteiger charge is 2.23. The molecule has 2 N–H and O–H groups in total. The van der Waals surface area contributed by atoms with Crippen molar-refractivity contribution in [1.82, 2.24) is 9.97 Å². The van der Waals surface area contributed by atoms with Gasteiger partial charge in [0.2, 0.25) is 0 Å². The lowest BCUT2D eigenvalue weighted by Crippen LogP contribution is -2.30. The zero-order valence-electron chi connectivity index (χ0n) is 17.4. The minimum absolute atomic E-state index is 0.298. The largest absolute Gasteiger partial charge is 0.495 e. The summed E-state index contributed by atoms with van der Waals surface area (Å²) in [6.07, 6.45) is -1.06. The standard InChI is InChI=1S/C24H20ClN3O4/c1-14(23(29)28-20-13-15(25)11-12-21(20)31-2)32-24(30)17-8-4-3-7-16(17)22-26-18-9-5-6-10-19(18)27-22/h3-14H,1-2H3,(H,26,27)(H,28,29). The summed E-state index contributed by atoms with van der Waals surface area (Å²) in [5.74, 6) is -0.169. The highest BCUT2D eigenvalue weighted by atomic mass is 35.5. The molecule has 0 fully saturated rings. The molecule has 0 aliphatic rings. The van der Waals surface area contributed by atoms with Crippen LogP contribution in [-0.4, -0.2) is 35.1 Å². The first-order valence-electron chi connectivity index (χ1n) is 9.86. The number of imidazole rings is 1. The van der Waals surface area contributed by atoms with Gasteiger partial charge in [-0.1, -0.05) is 41.9 Å². The van der Waals surface area contributed by atoms with Crippen LogP contribution in [0.4, 0.5) is 5.69 Å². The number of nitrogens with zero attached hydrogens (tertiary/aromatic N) is 1. The molecule has 7 nitrogen and oxygen atoms in total. The van der Waals surface area contributed by atoms with Crippen LogP contribution in [0.3, 0.4) is 0 Å². The molecule has 1 aromatic heterocycles. The average Bonchev–Trinajstić information content (AvgIpc) is 3.23. The Morgan fingerprint density at radius 2 is 1.81 bits per heavy atom. The molecular weight excluding hydrogens is 430 g/mol. The van der Waals surface area contributed by atoms with E-state index in [-0.39, 0.29) is 0 Å². The van der Waals surface area contributed by atoms with Crippen molar-refractivity contribution in [3.8, 4) is 17.1 Å². The number of rotatable bonds is 6. The molecule has 1 heterocycles. The summed E-state index contributed by atoms with van der Waals surface area (Å²) in [7, 11) is 1.48. The maximum atomic E-state index is 12.9. The summed E-state index contributed by atoms with van der Waals surface area (Å²) in [6.45, 7) is 1.49. The van der Waals surface area contributed by atoms with Crippen LogP contribution in [-0.2, 0) is 9.53 Å². The van der Waals surface area contributed by atoms with Gasteiger partial charge in [-0.2, -0.15) is 0 Å². The van der Waals surface area contributed by atoms with Gasteiger partial charge in [0.05, 0.1) is 29.4 Å². The van der Waals surface area contributed by atoms with Crippen LogP contribution >= 0.6 is 11.6 Å². The number of benzene rings is 3. The first-order valence-corrected chi connectivity index (χ1v) is 10.2. The van der Waals surface area contributed by atoms with Gasteiger partial charge in [0.15, 0.2) is 6.10 Å². The predicted molar refractivity (Wildman–Crippen MR) is 123 cm³/mol. The van der Waals surface area contributed by atoms with E-state index in [1.165, 1.54) is 14.0 Å². The number of amides is 1. The lowest BCUT2D eigenvalue weighted by Gasteiger charge is -2.16. The Balaban J connectivity index is 1.53. The molecule has 162 valence electrons. The quantitative estimate of drug-likeness (QED) is 0.400. The van der Waals surface area contributed by atoms with Crippen molar-refractivity contribution in [1.29, 1.82) is 0 Å². The van der Waals surface area contributed by atoms with Crippen molar-refractivity contribution in [2.24, 2.45) is 0 Å². The fraction of sp³-hybridized carbons (Fsp3) is 0.125. The summed E-state index contributed by atoms with van der Waals surface area (Å²) in [5, 5.41) is 3.11. The second-order valence-electron chi connectivity index (χ2n) is 7.03. The molecule has 0 radical (unpaired) electrons. The molecule has 1 amide bonds. The molecule has 0 aliphatic carbocycles. The third-order valence-electron chi connectivity index (χ3n) is 4.86. The fourth-order valence-electron chi connectivity index (χ4n) is 3.24. The number of hydrogen-bond acceptors (Lipinski definition) is 5. The van der Waals surface area contributed by atoms with E-state index in [0.29, 0.717) is 33.4 Å². The number of H-pyrrole nitrogens is 1. The maximum absolute atomic E-state index is 12.9. The number of para-hydroxylation sites is 2. The molecule has 0 spiro atoms. The van der Waals surface area contributed by atoms with Gasteiger partial charge in [-0.25, -0.2) is 9.78 Å². The van der Waals surface area contributed by atoms with Gasteiger partial charge < -0.3 is 19.8 Å². The van der Waals surface area contributed by atoms with Crippen molar-refractivity contribution < 1.29 is 19.1 Å². The molecule has 4 aromatic rings. The Morgan fingerprint density at radius 3 is 2.59 bits per heavy atom. The number of fused-ring (bicyclic) bond motifs is 1. The second kappa shape index (κ2) is 9.11. The molecule has 1 unspecified atom stereocenters. The molecule has 3 aromatic carbocycles. The number of methoxy groups -OCH3 is 1. The molecule has 0 bridgehead atoms. The highest BCUT2D eigenvalue weighted by Crippen LogP contribution is 2.28. The Kier molecular flexibility index (Phi) is 6.09. The molecular formula is C24H20ClN3O4. The van der Waals surface area contributed by atoms with Crippen molar-refractivity contribution in [2.75, 3.05) is 12.4 Å². The summed E-state index contributed by atoms with van der Waals surface area (Å²) in [5.41, 5.74) is 2.91. The van der Waals surface area contributed by atoms with E-state index in [4.69, 9.17) is 21.1 Å². The van der Waals surface area contributed by atoms with Gasteiger partial charge in [-0.15, -0.1) is 0 Å². The zero-order valence-corrected chi connectivity index (χ0v) is 18.1. The van der Waals surface area contributed by atoms with Crippen LogP contribution in [0.25, 0.3) is 22.4 Å². The van der Waals surface area contributed by atoms with Gasteiger partial charge in [-0.3, -0.25) is 4.79 Å². The van der Waals surface area contributed by atoms with E-state index in [1.807, 2.05) is 24.3 Å². The second-order valence-corrected chi connectivity index (χ2v) is 7.47. The smallest absolute Gasteiger partial charge is 0.339 e. The number of anilines is 1. The molecule has 8 heteroatoms. The highest BCUT2D eigenvalue weighted by molar-refractivity contribution is 6.31. The van der Waals surface area contributed by atoms with Crippen molar-refractivity contribution in [2.45, 2.75) is 13.0 Å². The molecule has 0 saturated heterocycles. The summed E-state index contributed by atoms with van der Waals surface area (Å²) in [6, 6.07) is 19.4. The van der Waals surface area contributed by atoms with Crippen LogP contribution in [0.2, 0.25) is 5.02 Å². The molecule has 0 saturated carbocycles. The van der Waals surface area contributed by atoms with E-state index in [1.54, 1.807) is 42.5 Å². The van der Waals surface area contributed by atoms with Crippen LogP contribution in [0, 0.1) is 0 Å². The predicted octanol–water partition coefficient (Wildman–Crippen LogP) is 5.08. The Bertz CT molecular complexity index is 1270. The van der Waals surface area contributed by atoms with Crippen LogP contribution in [0.15, 0.2) is 66.7 Å². The van der Waals surface area contributed by atoms with Crippen LogP contribution in [0.5, 0.6) is 5.75 Å². The number of carbonyl (C=O) groups is 2. The average molecular weight is 450 g/mol. The Hall–Kier alpha value is -3.84. The number of carbonyl (C=O) groups excluding carboxylic acids is 2. The summed E-state index contributed by atoms with van der Waals surface area (Å²) in [4.78, 5) is 33.3. The van der Waals surface area contributed by atoms with E-state index in [0.717, 1.165) is 11.0 Å². The van der Waals surface area contributed by atoms with E-state index >= 15 is 0 Å². The fourth-order valence-corrected chi connectivity index (χ4v) is 3.41. The first-order chi connectivity index (χ1) is 15.5. The molecule has 1 atom stereocenters. The van der Waals surface area contributed by atoms with Gasteiger partial charge in [-0.05, 0) is 43.3 Å². The third kappa shape index (κ3) is 4.43. The van der Waals surface area contributed by atoms with E-state index in [9.17, 15) is 9.59 Å². The van der Waals surface area contributed by atoms with Gasteiger partial charge >= 0.3 is 5.97 Å². The zero-order chi connectivity index (χ0) is 22.7. The molecule has 4 rings (SSSR count). The number of hydrogen-bond donors (Lipinski definition) is 2. The molecule has 32 heavy (non-hydrogen) atoms. The van der Waals surface area contributed by atoms with E-state index < -0.39 is 18.0 Å². The number of nitrogens with one attached hydrogen (secondary N) is 2. The number of esters is 1.